The monoisotopic (exact) mass is 480 g/mol. The van der Waals surface area contributed by atoms with Crippen LogP contribution in [0.5, 0.6) is 0 Å². The molecular weight excluding hydrogens is 467 g/mol. The normalized spacial score (nSPS) is 10.5. The van der Waals surface area contributed by atoms with Crippen LogP contribution in [0, 0.1) is 5.82 Å². The van der Waals surface area contributed by atoms with E-state index in [2.05, 4.69) is 36.8 Å². The number of benzene rings is 2. The van der Waals surface area contributed by atoms with Gasteiger partial charge in [-0.15, -0.1) is 10.2 Å². The van der Waals surface area contributed by atoms with Crippen LogP contribution >= 0.6 is 39.0 Å². The Kier molecular flexibility index (Phi) is 7.12. The van der Waals surface area contributed by atoms with Gasteiger partial charge in [0.25, 0.3) is 5.91 Å². The minimum atomic E-state index is -0.435. The minimum absolute atomic E-state index is 0.141. The van der Waals surface area contributed by atoms with Gasteiger partial charge >= 0.3 is 0 Å². The summed E-state index contributed by atoms with van der Waals surface area (Å²) in [5, 5.41) is 13.4. The molecule has 2 amide bonds. The Labute approximate surface area is 177 Å². The van der Waals surface area contributed by atoms with E-state index in [0.29, 0.717) is 16.6 Å². The highest BCUT2D eigenvalue weighted by atomic mass is 79.9. The molecule has 144 valence electrons. The first-order valence-corrected chi connectivity index (χ1v) is 10.6. The number of nitrogens with zero attached hydrogens (tertiary/aromatic N) is 2. The summed E-state index contributed by atoms with van der Waals surface area (Å²) >= 11 is 5.69. The number of carbonyl (C=O) groups excluding carboxylic acids is 2. The highest BCUT2D eigenvalue weighted by molar-refractivity contribution is 9.10. The number of anilines is 1. The maximum Gasteiger partial charge on any atom is 0.286 e. The average Bonchev–Trinajstić information content (AvgIpc) is 3.16. The van der Waals surface area contributed by atoms with E-state index in [0.717, 1.165) is 21.4 Å². The Balaban J connectivity index is 1.46. The Morgan fingerprint density at radius 1 is 1.14 bits per heavy atom. The first-order chi connectivity index (χ1) is 13.5. The predicted molar refractivity (Wildman–Crippen MR) is 111 cm³/mol. The van der Waals surface area contributed by atoms with E-state index in [-0.39, 0.29) is 22.5 Å². The Bertz CT molecular complexity index is 982. The number of thioether (sulfide) groups is 1. The van der Waals surface area contributed by atoms with Crippen molar-refractivity contribution in [3.8, 4) is 0 Å². The van der Waals surface area contributed by atoms with Crippen LogP contribution in [0.3, 0.4) is 0 Å². The third-order valence-electron chi connectivity index (χ3n) is 3.41. The van der Waals surface area contributed by atoms with Crippen LogP contribution in [-0.2, 0) is 11.3 Å². The smallest absolute Gasteiger partial charge is 0.286 e. The van der Waals surface area contributed by atoms with E-state index in [1.165, 1.54) is 36.0 Å². The van der Waals surface area contributed by atoms with E-state index < -0.39 is 5.91 Å². The topological polar surface area (TPSA) is 84.0 Å². The molecule has 2 aromatic carbocycles. The van der Waals surface area contributed by atoms with E-state index >= 15 is 0 Å². The van der Waals surface area contributed by atoms with Crippen LogP contribution in [0.15, 0.2) is 57.3 Å². The predicted octanol–water partition coefficient (Wildman–Crippen LogP) is 4.10. The fraction of sp³-hybridized carbons (Fsp3) is 0.111. The number of hydrogen-bond donors (Lipinski definition) is 2. The second kappa shape index (κ2) is 9.76. The minimum Gasteiger partial charge on any atom is -0.351 e. The third-order valence-corrected chi connectivity index (χ3v) is 5.96. The molecule has 0 spiro atoms. The fourth-order valence-electron chi connectivity index (χ4n) is 2.10. The summed E-state index contributed by atoms with van der Waals surface area (Å²) < 4.78 is 14.4. The van der Waals surface area contributed by atoms with Crippen molar-refractivity contribution in [1.82, 2.24) is 15.5 Å². The largest absolute Gasteiger partial charge is 0.351 e. The summed E-state index contributed by atoms with van der Waals surface area (Å²) in [6.45, 7) is 0.431. The molecule has 0 saturated heterocycles. The molecule has 1 aromatic heterocycles. The van der Waals surface area contributed by atoms with Gasteiger partial charge in [-0.2, -0.15) is 0 Å². The summed E-state index contributed by atoms with van der Waals surface area (Å²) in [5.74, 6) is -0.791. The van der Waals surface area contributed by atoms with Crippen LogP contribution in [0.2, 0.25) is 0 Å². The van der Waals surface area contributed by atoms with Crippen molar-refractivity contribution >= 4 is 56.5 Å². The maximum atomic E-state index is 12.9. The molecule has 0 aliphatic heterocycles. The number of amides is 2. The molecule has 2 N–H and O–H groups in total. The molecule has 0 saturated carbocycles. The molecule has 0 unspecified atom stereocenters. The van der Waals surface area contributed by atoms with Gasteiger partial charge in [-0.25, -0.2) is 4.39 Å². The summed E-state index contributed by atoms with van der Waals surface area (Å²) in [6, 6.07) is 13.1. The molecule has 0 aliphatic rings. The van der Waals surface area contributed by atoms with Gasteiger partial charge in [0.2, 0.25) is 10.9 Å². The van der Waals surface area contributed by atoms with E-state index in [1.807, 2.05) is 24.3 Å². The van der Waals surface area contributed by atoms with Crippen LogP contribution in [0.1, 0.15) is 15.4 Å². The van der Waals surface area contributed by atoms with Gasteiger partial charge in [-0.1, -0.05) is 51.2 Å². The molecule has 0 aliphatic carbocycles. The lowest BCUT2D eigenvalue weighted by molar-refractivity contribution is -0.118. The van der Waals surface area contributed by atoms with Gasteiger partial charge in [0.1, 0.15) is 5.82 Å². The second-order valence-electron chi connectivity index (χ2n) is 5.53. The van der Waals surface area contributed by atoms with Crippen molar-refractivity contribution in [1.29, 1.82) is 0 Å². The number of rotatable bonds is 7. The number of halogens is 2. The summed E-state index contributed by atoms with van der Waals surface area (Å²) in [7, 11) is 0. The zero-order valence-corrected chi connectivity index (χ0v) is 17.5. The number of nitrogens with one attached hydrogen (secondary N) is 2. The van der Waals surface area contributed by atoms with E-state index in [4.69, 9.17) is 0 Å². The van der Waals surface area contributed by atoms with Gasteiger partial charge in [0, 0.05) is 16.7 Å². The van der Waals surface area contributed by atoms with Gasteiger partial charge in [-0.05, 0) is 42.0 Å². The molecule has 6 nitrogen and oxygen atoms in total. The fourth-order valence-corrected chi connectivity index (χ4v) is 4.13. The molecule has 0 bridgehead atoms. The molecule has 0 atom stereocenters. The van der Waals surface area contributed by atoms with Crippen molar-refractivity contribution in [2.45, 2.75) is 10.9 Å². The van der Waals surface area contributed by atoms with Crippen LogP contribution in [0.4, 0.5) is 10.1 Å². The molecule has 1 heterocycles. The van der Waals surface area contributed by atoms with Gasteiger partial charge < -0.3 is 10.6 Å². The zero-order chi connectivity index (χ0) is 19.9. The summed E-state index contributed by atoms with van der Waals surface area (Å²) in [5.41, 5.74) is 1.45. The van der Waals surface area contributed by atoms with Crippen LogP contribution in [0.25, 0.3) is 0 Å². The Hall–Kier alpha value is -2.30. The molecular formula is C18H14BrFN4O2S2. The first kappa shape index (κ1) is 20.4. The quantitative estimate of drug-likeness (QED) is 0.497. The molecule has 0 radical (unpaired) electrons. The third kappa shape index (κ3) is 6.11. The second-order valence-corrected chi connectivity index (χ2v) is 8.65. The van der Waals surface area contributed by atoms with Crippen LogP contribution in [-0.4, -0.2) is 27.8 Å². The molecule has 28 heavy (non-hydrogen) atoms. The first-order valence-electron chi connectivity index (χ1n) is 8.04. The van der Waals surface area contributed by atoms with Crippen molar-refractivity contribution in [3.63, 3.8) is 0 Å². The van der Waals surface area contributed by atoms with Crippen molar-refractivity contribution in [2.75, 3.05) is 11.1 Å². The van der Waals surface area contributed by atoms with Crippen molar-refractivity contribution < 1.29 is 14.0 Å². The van der Waals surface area contributed by atoms with Crippen LogP contribution < -0.4 is 10.6 Å². The van der Waals surface area contributed by atoms with Gasteiger partial charge in [0.15, 0.2) is 4.34 Å². The van der Waals surface area contributed by atoms with Crippen molar-refractivity contribution in [2.24, 2.45) is 0 Å². The van der Waals surface area contributed by atoms with E-state index in [9.17, 15) is 14.0 Å². The summed E-state index contributed by atoms with van der Waals surface area (Å²) in [4.78, 5) is 24.1. The Morgan fingerprint density at radius 2 is 1.93 bits per heavy atom. The lowest BCUT2D eigenvalue weighted by atomic mass is 10.2. The number of carbonyl (C=O) groups is 2. The highest BCUT2D eigenvalue weighted by Gasteiger charge is 2.14. The molecule has 3 rings (SSSR count). The lowest BCUT2D eigenvalue weighted by Gasteiger charge is -2.04. The maximum absolute atomic E-state index is 12.9. The molecule has 10 heteroatoms. The number of aromatic nitrogens is 2. The standard InChI is InChI=1S/C18H14BrFN4O2S2/c19-12-3-1-2-11(8-12)9-21-15(25)10-27-18-24-23-17(28-18)16(26)22-14-6-4-13(20)5-7-14/h1-8H,9-10H2,(H,21,25)(H,22,26). The lowest BCUT2D eigenvalue weighted by Crippen LogP contribution is -2.24. The molecule has 0 fully saturated rings. The van der Waals surface area contributed by atoms with Crippen molar-refractivity contribution in [3.05, 3.63) is 69.4 Å². The zero-order valence-electron chi connectivity index (χ0n) is 14.3. The van der Waals surface area contributed by atoms with Gasteiger partial charge in [0.05, 0.1) is 5.75 Å². The molecule has 3 aromatic rings. The highest BCUT2D eigenvalue weighted by Crippen LogP contribution is 2.23. The van der Waals surface area contributed by atoms with E-state index in [1.54, 1.807) is 0 Å². The van der Waals surface area contributed by atoms with Gasteiger partial charge in [-0.3, -0.25) is 9.59 Å². The SMILES string of the molecule is O=C(CSc1nnc(C(=O)Nc2ccc(F)cc2)s1)NCc1cccc(Br)c1. The summed E-state index contributed by atoms with van der Waals surface area (Å²) in [6.07, 6.45) is 0. The average molecular weight is 481 g/mol. The number of hydrogen-bond acceptors (Lipinski definition) is 6. The Morgan fingerprint density at radius 3 is 2.68 bits per heavy atom.